The van der Waals surface area contributed by atoms with Crippen LogP contribution in [0.25, 0.3) is 0 Å². The molecule has 0 fully saturated rings. The number of hydrogen-bond donors (Lipinski definition) is 1. The Morgan fingerprint density at radius 3 is 2.09 bits per heavy atom. The van der Waals surface area contributed by atoms with E-state index in [9.17, 15) is 4.79 Å². The maximum Gasteiger partial charge on any atom is 0.310 e. The van der Waals surface area contributed by atoms with Gasteiger partial charge in [-0.05, 0) is 29.8 Å². The quantitative estimate of drug-likeness (QED) is 0.815. The first-order chi connectivity index (χ1) is 10.5. The Morgan fingerprint density at radius 2 is 1.59 bits per heavy atom. The van der Waals surface area contributed by atoms with Crippen LogP contribution in [0.5, 0.6) is 11.5 Å². The first-order valence-corrected chi connectivity index (χ1v) is 8.76. The van der Waals surface area contributed by atoms with E-state index in [1.165, 1.54) is 0 Å². The van der Waals surface area contributed by atoms with Crippen molar-refractivity contribution in [2.24, 2.45) is 4.74 Å². The molecule has 0 radical (unpaired) electrons. The molecule has 2 aromatic rings. The minimum Gasteiger partial charge on any atom is -0.481 e. The second-order valence-corrected chi connectivity index (χ2v) is 7.08. The van der Waals surface area contributed by atoms with Crippen LogP contribution in [-0.2, 0) is 11.2 Å². The highest BCUT2D eigenvalue weighted by Gasteiger charge is 2.17. The molecule has 0 heterocycles. The van der Waals surface area contributed by atoms with Crippen molar-refractivity contribution in [3.63, 3.8) is 0 Å². The maximum absolute atomic E-state index is 10.7. The number of carboxylic acid groups (broad SMARTS) is 1. The SMILES string of the molecule is CN=P(C)(Oc1ccccc1)Oc1ccc(CC(=O)O)cc1. The molecule has 0 saturated carbocycles. The molecule has 116 valence electrons. The summed E-state index contributed by atoms with van der Waals surface area (Å²) < 4.78 is 16.0. The summed E-state index contributed by atoms with van der Waals surface area (Å²) in [7, 11) is -0.766. The number of benzene rings is 2. The molecule has 0 aliphatic heterocycles. The van der Waals surface area contributed by atoms with Gasteiger partial charge in [-0.2, -0.15) is 0 Å². The standard InChI is InChI=1S/C16H18NO4P/c1-17-22(2,20-14-6-4-3-5-7-14)21-15-10-8-13(9-11-15)12-16(18)19/h3-11H,12H2,1-2H3,(H,18,19). The number of hydrogen-bond acceptors (Lipinski definition) is 4. The Labute approximate surface area is 129 Å². The Kier molecular flexibility index (Phi) is 5.23. The fourth-order valence-electron chi connectivity index (χ4n) is 1.82. The Balaban J connectivity index is 2.11. The molecule has 1 unspecified atom stereocenters. The van der Waals surface area contributed by atoms with Gasteiger partial charge in [-0.1, -0.05) is 30.3 Å². The summed E-state index contributed by atoms with van der Waals surface area (Å²) in [4.78, 5) is 10.7. The van der Waals surface area contributed by atoms with Crippen molar-refractivity contribution in [1.82, 2.24) is 0 Å². The lowest BCUT2D eigenvalue weighted by Gasteiger charge is -2.21. The molecule has 0 aliphatic carbocycles. The number of rotatable bonds is 6. The fraction of sp³-hybridized carbons (Fsp3) is 0.188. The van der Waals surface area contributed by atoms with Crippen LogP contribution in [0.3, 0.4) is 0 Å². The van der Waals surface area contributed by atoms with Gasteiger partial charge in [0.2, 0.25) is 0 Å². The van der Waals surface area contributed by atoms with Gasteiger partial charge in [-0.25, -0.2) is 4.74 Å². The second kappa shape index (κ2) is 7.14. The first kappa shape index (κ1) is 16.1. The highest BCUT2D eigenvalue weighted by Crippen LogP contribution is 2.47. The molecule has 0 aromatic heterocycles. The Bertz CT molecular complexity index is 683. The fourth-order valence-corrected chi connectivity index (χ4v) is 3.04. The molecule has 1 atom stereocenters. The lowest BCUT2D eigenvalue weighted by molar-refractivity contribution is -0.136. The van der Waals surface area contributed by atoms with E-state index in [-0.39, 0.29) is 6.42 Å². The van der Waals surface area contributed by atoms with Crippen LogP contribution < -0.4 is 9.05 Å². The zero-order valence-corrected chi connectivity index (χ0v) is 13.4. The molecule has 0 bridgehead atoms. The molecule has 0 saturated heterocycles. The predicted octanol–water partition coefficient (Wildman–Crippen LogP) is 4.06. The van der Waals surface area contributed by atoms with Gasteiger partial charge in [0.25, 0.3) is 0 Å². The van der Waals surface area contributed by atoms with Crippen molar-refractivity contribution in [1.29, 1.82) is 0 Å². The predicted molar refractivity (Wildman–Crippen MR) is 86.7 cm³/mol. The summed E-state index contributed by atoms with van der Waals surface area (Å²) in [5.74, 6) is 0.444. The number of nitrogens with zero attached hydrogens (tertiary/aromatic N) is 1. The van der Waals surface area contributed by atoms with Crippen molar-refractivity contribution < 1.29 is 18.9 Å². The second-order valence-electron chi connectivity index (χ2n) is 4.71. The molecule has 5 nitrogen and oxygen atoms in total. The van der Waals surface area contributed by atoms with E-state index < -0.39 is 13.5 Å². The highest BCUT2D eigenvalue weighted by atomic mass is 31.2. The van der Waals surface area contributed by atoms with Crippen LogP contribution in [-0.4, -0.2) is 24.8 Å². The number of aliphatic carboxylic acids is 1. The Morgan fingerprint density at radius 1 is 1.05 bits per heavy atom. The van der Waals surface area contributed by atoms with Crippen molar-refractivity contribution in [2.75, 3.05) is 13.7 Å². The summed E-state index contributed by atoms with van der Waals surface area (Å²) in [5, 5.41) is 8.76. The number of para-hydroxylation sites is 1. The lowest BCUT2D eigenvalue weighted by Crippen LogP contribution is -2.01. The van der Waals surface area contributed by atoms with Gasteiger partial charge in [0.15, 0.2) is 0 Å². The van der Waals surface area contributed by atoms with E-state index in [1.54, 1.807) is 31.3 Å². The monoisotopic (exact) mass is 319 g/mol. The van der Waals surface area contributed by atoms with Crippen molar-refractivity contribution in [3.8, 4) is 11.5 Å². The van der Waals surface area contributed by atoms with E-state index in [0.717, 1.165) is 5.56 Å². The van der Waals surface area contributed by atoms with Gasteiger partial charge >= 0.3 is 13.5 Å². The van der Waals surface area contributed by atoms with E-state index in [0.29, 0.717) is 11.5 Å². The van der Waals surface area contributed by atoms with Gasteiger partial charge in [0.1, 0.15) is 11.5 Å². The minimum absolute atomic E-state index is 0.00857. The number of carboxylic acids is 1. The van der Waals surface area contributed by atoms with E-state index in [4.69, 9.17) is 14.2 Å². The van der Waals surface area contributed by atoms with Crippen LogP contribution in [0.1, 0.15) is 5.56 Å². The van der Waals surface area contributed by atoms with Gasteiger partial charge in [-0.3, -0.25) is 4.79 Å². The van der Waals surface area contributed by atoms with E-state index in [1.807, 2.05) is 37.0 Å². The zero-order valence-electron chi connectivity index (χ0n) is 12.5. The van der Waals surface area contributed by atoms with Crippen molar-refractivity contribution in [2.45, 2.75) is 6.42 Å². The van der Waals surface area contributed by atoms with E-state index >= 15 is 0 Å². The molecule has 1 N–H and O–H groups in total. The third-order valence-electron chi connectivity index (χ3n) is 2.93. The summed E-state index contributed by atoms with van der Waals surface area (Å²) in [6.07, 6.45) is -0.00857. The lowest BCUT2D eigenvalue weighted by atomic mass is 10.1. The molecular formula is C16H18NO4P. The van der Waals surface area contributed by atoms with Gasteiger partial charge in [0.05, 0.1) is 6.42 Å². The molecule has 2 aromatic carbocycles. The smallest absolute Gasteiger partial charge is 0.310 e. The zero-order chi connectivity index (χ0) is 16.0. The third-order valence-corrected chi connectivity index (χ3v) is 4.76. The maximum atomic E-state index is 10.7. The van der Waals surface area contributed by atoms with Crippen LogP contribution in [0.2, 0.25) is 0 Å². The average molecular weight is 319 g/mol. The molecule has 0 amide bonds. The first-order valence-electron chi connectivity index (χ1n) is 6.73. The van der Waals surface area contributed by atoms with Crippen molar-refractivity contribution >= 4 is 13.5 Å². The molecule has 0 aliphatic rings. The van der Waals surface area contributed by atoms with Crippen LogP contribution >= 0.6 is 7.51 Å². The topological polar surface area (TPSA) is 68.1 Å². The number of carbonyl (C=O) groups is 1. The van der Waals surface area contributed by atoms with Gasteiger partial charge < -0.3 is 14.2 Å². The van der Waals surface area contributed by atoms with Crippen LogP contribution in [0, 0.1) is 0 Å². The largest absolute Gasteiger partial charge is 0.481 e. The van der Waals surface area contributed by atoms with Crippen LogP contribution in [0.4, 0.5) is 0 Å². The molecule has 2 rings (SSSR count). The van der Waals surface area contributed by atoms with Crippen LogP contribution in [0.15, 0.2) is 59.3 Å². The van der Waals surface area contributed by atoms with Gasteiger partial charge in [0, 0.05) is 13.7 Å². The molecular weight excluding hydrogens is 301 g/mol. The normalized spacial score (nSPS) is 13.0. The Hall–Kier alpha value is -2.26. The summed E-state index contributed by atoms with van der Waals surface area (Å²) in [6, 6.07) is 16.3. The van der Waals surface area contributed by atoms with E-state index in [2.05, 4.69) is 4.74 Å². The molecule has 0 spiro atoms. The minimum atomic E-state index is -2.43. The van der Waals surface area contributed by atoms with Crippen molar-refractivity contribution in [3.05, 3.63) is 60.2 Å². The summed E-state index contributed by atoms with van der Waals surface area (Å²) in [6.45, 7) is 1.82. The average Bonchev–Trinajstić information content (AvgIpc) is 2.50. The highest BCUT2D eigenvalue weighted by molar-refractivity contribution is 7.56. The molecule has 22 heavy (non-hydrogen) atoms. The summed E-state index contributed by atoms with van der Waals surface area (Å²) >= 11 is 0. The van der Waals surface area contributed by atoms with Gasteiger partial charge in [-0.15, -0.1) is 0 Å². The summed E-state index contributed by atoms with van der Waals surface area (Å²) in [5.41, 5.74) is 0.720. The molecule has 6 heteroatoms. The third kappa shape index (κ3) is 4.64.